The highest BCUT2D eigenvalue weighted by Gasteiger charge is 2.22. The van der Waals surface area contributed by atoms with Crippen molar-refractivity contribution in [2.45, 2.75) is 20.3 Å². The standard InChI is InChI=1S/C28H33N5O3S/c1-3-14-33(27(35)25-5-4-19-37-25)20-26(34)29-22-10-12-24(13-11-22)31-15-17-32(18-16-31)28(36)30-23-8-6-21(2)7-9-23/h4-13,19H,3,14-18,20H2,1-2H3,(H,29,34)(H,30,36). The lowest BCUT2D eigenvalue weighted by atomic mass is 10.2. The van der Waals surface area contributed by atoms with E-state index in [9.17, 15) is 14.4 Å². The van der Waals surface area contributed by atoms with Crippen LogP contribution >= 0.6 is 11.3 Å². The third-order valence-electron chi connectivity index (χ3n) is 6.23. The quantitative estimate of drug-likeness (QED) is 0.443. The number of piperazine rings is 1. The van der Waals surface area contributed by atoms with Gasteiger partial charge < -0.3 is 25.3 Å². The fourth-order valence-corrected chi connectivity index (χ4v) is 4.91. The summed E-state index contributed by atoms with van der Waals surface area (Å²) >= 11 is 1.38. The molecule has 1 saturated heterocycles. The van der Waals surface area contributed by atoms with Gasteiger partial charge in [-0.25, -0.2) is 4.79 Å². The predicted molar refractivity (Wildman–Crippen MR) is 150 cm³/mol. The normalized spacial score (nSPS) is 13.2. The van der Waals surface area contributed by atoms with E-state index in [4.69, 9.17) is 0 Å². The summed E-state index contributed by atoms with van der Waals surface area (Å²) in [7, 11) is 0. The van der Waals surface area contributed by atoms with Crippen LogP contribution in [0.3, 0.4) is 0 Å². The van der Waals surface area contributed by atoms with Crippen molar-refractivity contribution in [1.29, 1.82) is 0 Å². The lowest BCUT2D eigenvalue weighted by Crippen LogP contribution is -2.50. The van der Waals surface area contributed by atoms with Gasteiger partial charge in [0.05, 0.1) is 4.88 Å². The highest BCUT2D eigenvalue weighted by Crippen LogP contribution is 2.20. The summed E-state index contributed by atoms with van der Waals surface area (Å²) in [5.41, 5.74) is 3.67. The largest absolute Gasteiger partial charge is 0.368 e. The van der Waals surface area contributed by atoms with Crippen molar-refractivity contribution in [3.8, 4) is 0 Å². The first-order chi connectivity index (χ1) is 17.9. The van der Waals surface area contributed by atoms with E-state index in [-0.39, 0.29) is 24.4 Å². The third-order valence-corrected chi connectivity index (χ3v) is 7.09. The minimum absolute atomic E-state index is 0.0128. The molecule has 4 amide bonds. The van der Waals surface area contributed by atoms with Crippen LogP contribution in [0.1, 0.15) is 28.6 Å². The van der Waals surface area contributed by atoms with E-state index in [1.54, 1.807) is 11.0 Å². The van der Waals surface area contributed by atoms with Gasteiger partial charge >= 0.3 is 6.03 Å². The Labute approximate surface area is 221 Å². The van der Waals surface area contributed by atoms with Crippen molar-refractivity contribution in [3.05, 3.63) is 76.5 Å². The number of benzene rings is 2. The van der Waals surface area contributed by atoms with Gasteiger partial charge in [-0.3, -0.25) is 9.59 Å². The Kier molecular flexibility index (Phi) is 8.79. The summed E-state index contributed by atoms with van der Waals surface area (Å²) < 4.78 is 0. The van der Waals surface area contributed by atoms with Crippen molar-refractivity contribution in [3.63, 3.8) is 0 Å². The van der Waals surface area contributed by atoms with Crippen LogP contribution in [0.5, 0.6) is 0 Å². The highest BCUT2D eigenvalue weighted by molar-refractivity contribution is 7.12. The van der Waals surface area contributed by atoms with Gasteiger partial charge in [0.1, 0.15) is 6.54 Å². The first-order valence-electron chi connectivity index (χ1n) is 12.5. The van der Waals surface area contributed by atoms with Gasteiger partial charge in [0, 0.05) is 49.8 Å². The maximum atomic E-state index is 12.7. The number of hydrogen-bond acceptors (Lipinski definition) is 5. The number of thiophene rings is 1. The van der Waals surface area contributed by atoms with Gasteiger partial charge in [-0.2, -0.15) is 0 Å². The average molecular weight is 520 g/mol. The van der Waals surface area contributed by atoms with Gasteiger partial charge in [0.2, 0.25) is 5.91 Å². The van der Waals surface area contributed by atoms with Crippen LogP contribution in [0.4, 0.5) is 21.9 Å². The molecule has 0 atom stereocenters. The molecule has 0 spiro atoms. The fraction of sp³-hybridized carbons (Fsp3) is 0.321. The smallest absolute Gasteiger partial charge is 0.321 e. The van der Waals surface area contributed by atoms with Crippen molar-refractivity contribution in [2.75, 3.05) is 54.8 Å². The second kappa shape index (κ2) is 12.4. The minimum atomic E-state index is -0.223. The molecule has 3 aromatic rings. The molecule has 2 N–H and O–H groups in total. The van der Waals surface area contributed by atoms with Crippen LogP contribution in [0.2, 0.25) is 0 Å². The van der Waals surface area contributed by atoms with Crippen LogP contribution in [-0.4, -0.2) is 66.9 Å². The Balaban J connectivity index is 1.26. The van der Waals surface area contributed by atoms with E-state index in [0.717, 1.165) is 36.4 Å². The van der Waals surface area contributed by atoms with Crippen LogP contribution in [0, 0.1) is 6.92 Å². The molecular weight excluding hydrogens is 486 g/mol. The molecule has 4 rings (SSSR count). The van der Waals surface area contributed by atoms with Gasteiger partial charge in [0.25, 0.3) is 5.91 Å². The second-order valence-electron chi connectivity index (χ2n) is 9.07. The summed E-state index contributed by atoms with van der Waals surface area (Å²) in [6.07, 6.45) is 0.778. The Hall–Kier alpha value is -3.85. The highest BCUT2D eigenvalue weighted by atomic mass is 32.1. The molecule has 0 unspecified atom stereocenters. The van der Waals surface area contributed by atoms with Crippen LogP contribution in [0.25, 0.3) is 0 Å². The Morgan fingerprint density at radius 2 is 1.54 bits per heavy atom. The van der Waals surface area contributed by atoms with E-state index < -0.39 is 0 Å². The van der Waals surface area contributed by atoms with E-state index in [2.05, 4.69) is 15.5 Å². The van der Waals surface area contributed by atoms with Gasteiger partial charge in [-0.05, 0) is 61.2 Å². The molecule has 0 bridgehead atoms. The van der Waals surface area contributed by atoms with E-state index in [1.165, 1.54) is 11.3 Å². The number of anilines is 3. The van der Waals surface area contributed by atoms with Crippen molar-refractivity contribution in [2.24, 2.45) is 0 Å². The molecule has 1 aliphatic heterocycles. The molecule has 1 fully saturated rings. The zero-order valence-electron chi connectivity index (χ0n) is 21.3. The van der Waals surface area contributed by atoms with E-state index in [0.29, 0.717) is 30.2 Å². The predicted octanol–water partition coefficient (Wildman–Crippen LogP) is 4.90. The molecular formula is C28H33N5O3S. The summed E-state index contributed by atoms with van der Waals surface area (Å²) in [6.45, 7) is 7.25. The SMILES string of the molecule is CCCN(CC(=O)Nc1ccc(N2CCN(C(=O)Nc3ccc(C)cc3)CC2)cc1)C(=O)c1cccs1. The molecule has 1 aliphatic rings. The zero-order chi connectivity index (χ0) is 26.2. The van der Waals surface area contributed by atoms with E-state index >= 15 is 0 Å². The molecule has 2 heterocycles. The Morgan fingerprint density at radius 3 is 2.16 bits per heavy atom. The van der Waals surface area contributed by atoms with Crippen LogP contribution < -0.4 is 15.5 Å². The molecule has 8 nitrogen and oxygen atoms in total. The molecule has 194 valence electrons. The van der Waals surface area contributed by atoms with Crippen molar-refractivity contribution in [1.82, 2.24) is 9.80 Å². The number of nitrogens with zero attached hydrogens (tertiary/aromatic N) is 3. The topological polar surface area (TPSA) is 85.0 Å². The third kappa shape index (κ3) is 7.10. The summed E-state index contributed by atoms with van der Waals surface area (Å²) in [4.78, 5) is 44.2. The number of rotatable bonds is 8. The van der Waals surface area contributed by atoms with Crippen LogP contribution in [-0.2, 0) is 4.79 Å². The lowest BCUT2D eigenvalue weighted by Gasteiger charge is -2.36. The number of nitrogens with one attached hydrogen (secondary N) is 2. The minimum Gasteiger partial charge on any atom is -0.368 e. The van der Waals surface area contributed by atoms with Gasteiger partial charge in [0.15, 0.2) is 0 Å². The number of amides is 4. The molecule has 1 aromatic heterocycles. The maximum Gasteiger partial charge on any atom is 0.321 e. The molecule has 0 radical (unpaired) electrons. The number of aryl methyl sites for hydroxylation is 1. The molecule has 2 aromatic carbocycles. The van der Waals surface area contributed by atoms with E-state index in [1.807, 2.05) is 78.7 Å². The Morgan fingerprint density at radius 1 is 0.892 bits per heavy atom. The molecule has 37 heavy (non-hydrogen) atoms. The number of hydrogen-bond donors (Lipinski definition) is 2. The molecule has 9 heteroatoms. The number of urea groups is 1. The number of carbonyl (C=O) groups is 3. The number of carbonyl (C=O) groups excluding carboxylic acids is 3. The van der Waals surface area contributed by atoms with Crippen molar-refractivity contribution >= 4 is 46.2 Å². The van der Waals surface area contributed by atoms with Crippen molar-refractivity contribution < 1.29 is 14.4 Å². The second-order valence-corrected chi connectivity index (χ2v) is 10.0. The monoisotopic (exact) mass is 519 g/mol. The lowest BCUT2D eigenvalue weighted by molar-refractivity contribution is -0.116. The summed E-state index contributed by atoms with van der Waals surface area (Å²) in [6, 6.07) is 19.0. The van der Waals surface area contributed by atoms with Crippen LogP contribution in [0.15, 0.2) is 66.0 Å². The maximum absolute atomic E-state index is 12.7. The van der Waals surface area contributed by atoms with Gasteiger partial charge in [-0.1, -0.05) is 30.7 Å². The zero-order valence-corrected chi connectivity index (χ0v) is 22.1. The summed E-state index contributed by atoms with van der Waals surface area (Å²) in [5, 5.41) is 7.72. The summed E-state index contributed by atoms with van der Waals surface area (Å²) in [5.74, 6) is -0.339. The first-order valence-corrected chi connectivity index (χ1v) is 13.4. The Bertz CT molecular complexity index is 1190. The average Bonchev–Trinajstić information content (AvgIpc) is 3.45. The van der Waals surface area contributed by atoms with Gasteiger partial charge in [-0.15, -0.1) is 11.3 Å². The fourth-order valence-electron chi connectivity index (χ4n) is 4.22. The molecule has 0 aliphatic carbocycles. The molecule has 0 saturated carbocycles. The first kappa shape index (κ1) is 26.2.